The van der Waals surface area contributed by atoms with E-state index in [1.807, 2.05) is 0 Å². The van der Waals surface area contributed by atoms with Gasteiger partial charge in [-0.05, 0) is 42.8 Å². The molecule has 2 rings (SSSR count). The summed E-state index contributed by atoms with van der Waals surface area (Å²) in [4.78, 5) is 0.0207. The lowest BCUT2D eigenvalue weighted by Crippen LogP contribution is -2.31. The average molecular weight is 353 g/mol. The maximum atomic E-state index is 13.5. The zero-order valence-corrected chi connectivity index (χ0v) is 14.1. The molecule has 0 heterocycles. The van der Waals surface area contributed by atoms with E-state index in [2.05, 4.69) is 6.58 Å². The van der Waals surface area contributed by atoms with Crippen LogP contribution in [0, 0.1) is 18.6 Å². The number of hydrogen-bond acceptors (Lipinski definition) is 3. The van der Waals surface area contributed by atoms with Gasteiger partial charge < -0.3 is 4.74 Å². The summed E-state index contributed by atoms with van der Waals surface area (Å²) in [6.45, 7) is 5.15. The van der Waals surface area contributed by atoms with E-state index in [0.717, 1.165) is 16.4 Å². The smallest absolute Gasteiger partial charge is 0.264 e. The van der Waals surface area contributed by atoms with Gasteiger partial charge >= 0.3 is 0 Å². The Bertz CT molecular complexity index is 866. The fraction of sp³-hybridized carbons (Fsp3) is 0.176. The van der Waals surface area contributed by atoms with E-state index in [0.29, 0.717) is 11.3 Å². The predicted molar refractivity (Wildman–Crippen MR) is 88.8 cm³/mol. The first-order chi connectivity index (χ1) is 11.3. The molecule has 4 nitrogen and oxygen atoms in total. The highest BCUT2D eigenvalue weighted by molar-refractivity contribution is 7.92. The quantitative estimate of drug-likeness (QED) is 0.745. The third-order valence-corrected chi connectivity index (χ3v) is 5.23. The van der Waals surface area contributed by atoms with E-state index in [9.17, 15) is 17.2 Å². The number of sulfonamides is 1. The Balaban J connectivity index is 2.54. The molecule has 0 saturated carbocycles. The molecular formula is C17H17F2NO3S. The number of benzene rings is 2. The van der Waals surface area contributed by atoms with Gasteiger partial charge in [-0.15, -0.1) is 6.58 Å². The van der Waals surface area contributed by atoms with Gasteiger partial charge in [-0.25, -0.2) is 17.2 Å². The summed E-state index contributed by atoms with van der Waals surface area (Å²) in [5.74, 6) is -1.62. The molecule has 0 unspecified atom stereocenters. The van der Waals surface area contributed by atoms with Crippen LogP contribution in [0.15, 0.2) is 53.9 Å². The van der Waals surface area contributed by atoms with Gasteiger partial charge in [-0.1, -0.05) is 6.08 Å². The van der Waals surface area contributed by atoms with Crippen molar-refractivity contribution < 1.29 is 21.9 Å². The van der Waals surface area contributed by atoms with Gasteiger partial charge in [0.2, 0.25) is 0 Å². The van der Waals surface area contributed by atoms with Crippen molar-refractivity contribution in [3.63, 3.8) is 0 Å². The number of nitrogens with zero attached hydrogens (tertiary/aromatic N) is 1. The predicted octanol–water partition coefficient (Wildman–Crippen LogP) is 3.66. The molecule has 0 aromatic heterocycles. The molecule has 128 valence electrons. The molecule has 0 N–H and O–H groups in total. The van der Waals surface area contributed by atoms with Crippen molar-refractivity contribution in [3.05, 3.63) is 66.3 Å². The Hall–Kier alpha value is -2.41. The average Bonchev–Trinajstić information content (AvgIpc) is 2.55. The van der Waals surface area contributed by atoms with Gasteiger partial charge in [0.05, 0.1) is 24.2 Å². The van der Waals surface area contributed by atoms with Gasteiger partial charge in [0.25, 0.3) is 10.0 Å². The maximum absolute atomic E-state index is 13.5. The number of hydrogen-bond donors (Lipinski definition) is 0. The molecular weight excluding hydrogens is 336 g/mol. The van der Waals surface area contributed by atoms with Crippen LogP contribution in [0.4, 0.5) is 14.5 Å². The number of ether oxygens (including phenoxy) is 1. The molecule has 0 spiro atoms. The highest BCUT2D eigenvalue weighted by atomic mass is 32.2. The molecule has 2 aromatic rings. The van der Waals surface area contributed by atoms with Crippen molar-refractivity contribution in [1.82, 2.24) is 0 Å². The molecule has 0 aliphatic carbocycles. The summed E-state index contributed by atoms with van der Waals surface area (Å²) in [6.07, 6.45) is 1.37. The van der Waals surface area contributed by atoms with E-state index in [1.165, 1.54) is 31.4 Å². The SMILES string of the molecule is C=CCN(c1ccc(F)c(F)c1)S(=O)(=O)c1ccc(OC)c(C)c1. The second-order valence-electron chi connectivity index (χ2n) is 5.05. The van der Waals surface area contributed by atoms with Crippen molar-refractivity contribution in [1.29, 1.82) is 0 Å². The summed E-state index contributed by atoms with van der Waals surface area (Å²) < 4.78 is 58.5. The van der Waals surface area contributed by atoms with Crippen LogP contribution in [0.3, 0.4) is 0 Å². The molecule has 0 atom stereocenters. The van der Waals surface area contributed by atoms with Gasteiger partial charge in [0.1, 0.15) is 5.75 Å². The van der Waals surface area contributed by atoms with Crippen LogP contribution >= 0.6 is 0 Å². The molecule has 0 radical (unpaired) electrons. The molecule has 0 saturated heterocycles. The number of anilines is 1. The number of halogens is 2. The third kappa shape index (κ3) is 3.41. The van der Waals surface area contributed by atoms with Crippen LogP contribution in [0.25, 0.3) is 0 Å². The van der Waals surface area contributed by atoms with E-state index in [1.54, 1.807) is 13.0 Å². The molecule has 24 heavy (non-hydrogen) atoms. The van der Waals surface area contributed by atoms with Gasteiger partial charge in [0.15, 0.2) is 11.6 Å². The normalized spacial score (nSPS) is 11.2. The lowest BCUT2D eigenvalue weighted by Gasteiger charge is -2.23. The second kappa shape index (κ2) is 7.00. The Morgan fingerprint density at radius 3 is 2.42 bits per heavy atom. The summed E-state index contributed by atoms with van der Waals surface area (Å²) in [5, 5.41) is 0. The minimum absolute atomic E-state index is 0.0160. The fourth-order valence-electron chi connectivity index (χ4n) is 2.24. The van der Waals surface area contributed by atoms with E-state index >= 15 is 0 Å². The summed E-state index contributed by atoms with van der Waals surface area (Å²) in [5.41, 5.74) is 0.657. The highest BCUT2D eigenvalue weighted by Crippen LogP contribution is 2.28. The lowest BCUT2D eigenvalue weighted by molar-refractivity contribution is 0.411. The largest absolute Gasteiger partial charge is 0.496 e. The van der Waals surface area contributed by atoms with Crippen molar-refractivity contribution in [2.45, 2.75) is 11.8 Å². The minimum Gasteiger partial charge on any atom is -0.496 e. The molecule has 0 aliphatic rings. The summed E-state index contributed by atoms with van der Waals surface area (Å²) >= 11 is 0. The minimum atomic E-state index is -3.98. The van der Waals surface area contributed by atoms with Crippen LogP contribution < -0.4 is 9.04 Å². The first-order valence-corrected chi connectivity index (χ1v) is 8.48. The van der Waals surface area contributed by atoms with E-state index < -0.39 is 21.7 Å². The van der Waals surface area contributed by atoms with Crippen molar-refractivity contribution in [2.24, 2.45) is 0 Å². The summed E-state index contributed by atoms with van der Waals surface area (Å²) in [6, 6.07) is 7.33. The zero-order chi connectivity index (χ0) is 17.9. The maximum Gasteiger partial charge on any atom is 0.264 e. The first-order valence-electron chi connectivity index (χ1n) is 7.04. The van der Waals surface area contributed by atoms with Crippen LogP contribution in [-0.2, 0) is 10.0 Å². The molecule has 0 aliphatic heterocycles. The van der Waals surface area contributed by atoms with Gasteiger partial charge in [0, 0.05) is 6.07 Å². The third-order valence-electron chi connectivity index (χ3n) is 3.44. The zero-order valence-electron chi connectivity index (χ0n) is 13.3. The van der Waals surface area contributed by atoms with Crippen LogP contribution in [-0.4, -0.2) is 22.1 Å². The summed E-state index contributed by atoms with van der Waals surface area (Å²) in [7, 11) is -2.49. The van der Waals surface area contributed by atoms with Crippen LogP contribution in [0.1, 0.15) is 5.56 Å². The monoisotopic (exact) mass is 353 g/mol. The van der Waals surface area contributed by atoms with Crippen molar-refractivity contribution in [2.75, 3.05) is 18.0 Å². The van der Waals surface area contributed by atoms with Gasteiger partial charge in [-0.3, -0.25) is 4.31 Å². The van der Waals surface area contributed by atoms with Gasteiger partial charge in [-0.2, -0.15) is 0 Å². The Labute approximate surface area is 140 Å². The lowest BCUT2D eigenvalue weighted by atomic mass is 10.2. The highest BCUT2D eigenvalue weighted by Gasteiger charge is 2.25. The van der Waals surface area contributed by atoms with Crippen molar-refractivity contribution in [3.8, 4) is 5.75 Å². The van der Waals surface area contributed by atoms with E-state index in [-0.39, 0.29) is 17.1 Å². The molecule has 7 heteroatoms. The number of rotatable bonds is 6. The first kappa shape index (κ1) is 17.9. The molecule has 0 fully saturated rings. The standard InChI is InChI=1S/C17H17F2NO3S/c1-4-9-20(13-5-7-15(18)16(19)11-13)24(21,22)14-6-8-17(23-3)12(2)10-14/h4-8,10-11H,1,9H2,2-3H3. The number of methoxy groups -OCH3 is 1. The van der Waals surface area contributed by atoms with Crippen LogP contribution in [0.2, 0.25) is 0 Å². The fourth-order valence-corrected chi connectivity index (χ4v) is 3.75. The van der Waals surface area contributed by atoms with Crippen LogP contribution in [0.5, 0.6) is 5.75 Å². The molecule has 0 amide bonds. The Kier molecular flexibility index (Phi) is 5.23. The Morgan fingerprint density at radius 2 is 1.88 bits per heavy atom. The molecule has 2 aromatic carbocycles. The Morgan fingerprint density at radius 1 is 1.17 bits per heavy atom. The van der Waals surface area contributed by atoms with E-state index in [4.69, 9.17) is 4.74 Å². The second-order valence-corrected chi connectivity index (χ2v) is 6.92. The molecule has 0 bridgehead atoms. The number of aryl methyl sites for hydroxylation is 1. The topological polar surface area (TPSA) is 46.6 Å². The van der Waals surface area contributed by atoms with Crippen molar-refractivity contribution >= 4 is 15.7 Å².